The van der Waals surface area contributed by atoms with Gasteiger partial charge >= 0.3 is 12.0 Å². The highest BCUT2D eigenvalue weighted by atomic mass is 35.5. The third-order valence-electron chi connectivity index (χ3n) is 6.45. The van der Waals surface area contributed by atoms with Gasteiger partial charge in [0.2, 0.25) is 0 Å². The van der Waals surface area contributed by atoms with Gasteiger partial charge in [-0.15, -0.1) is 0 Å². The summed E-state index contributed by atoms with van der Waals surface area (Å²) in [5.41, 5.74) is -0.411. The molecule has 0 N–H and O–H groups in total. The number of hydrogen-bond acceptors (Lipinski definition) is 6. The van der Waals surface area contributed by atoms with Crippen LogP contribution in [0.1, 0.15) is 37.8 Å². The predicted octanol–water partition coefficient (Wildman–Crippen LogP) is 4.44. The van der Waals surface area contributed by atoms with Crippen molar-refractivity contribution in [2.45, 2.75) is 37.8 Å². The number of rotatable bonds is 4. The molecule has 8 nitrogen and oxygen atoms in total. The van der Waals surface area contributed by atoms with E-state index in [9.17, 15) is 19.6 Å². The molecule has 2 aliphatic rings. The Bertz CT molecular complexity index is 1250. The molecule has 0 aromatic heterocycles. The number of ether oxygens (including phenoxy) is 1. The van der Waals surface area contributed by atoms with Crippen molar-refractivity contribution >= 4 is 46.8 Å². The van der Waals surface area contributed by atoms with Gasteiger partial charge < -0.3 is 9.64 Å². The molecular formula is C26H26Cl2N4O4. The molecule has 0 aliphatic carbocycles. The normalized spacial score (nSPS) is 22.4. The molecule has 2 heterocycles. The van der Waals surface area contributed by atoms with Gasteiger partial charge in [-0.25, -0.2) is 9.69 Å². The fourth-order valence-electron chi connectivity index (χ4n) is 4.97. The monoisotopic (exact) mass is 528 g/mol. The molecular weight excluding hydrogens is 503 g/mol. The zero-order valence-corrected chi connectivity index (χ0v) is 21.9. The minimum atomic E-state index is -1.29. The lowest BCUT2D eigenvalue weighted by Gasteiger charge is -2.34. The minimum absolute atomic E-state index is 0.0376. The molecule has 2 fully saturated rings. The quantitative estimate of drug-likeness (QED) is 0.430. The molecule has 0 unspecified atom stereocenters. The zero-order chi connectivity index (χ0) is 26.4. The van der Waals surface area contributed by atoms with E-state index in [1.54, 1.807) is 52.1 Å². The van der Waals surface area contributed by atoms with Gasteiger partial charge in [0.1, 0.15) is 11.1 Å². The maximum Gasteiger partial charge on any atom is 0.332 e. The summed E-state index contributed by atoms with van der Waals surface area (Å²) in [5.74, 6) is -1.32. The summed E-state index contributed by atoms with van der Waals surface area (Å²) < 4.78 is 5.49. The van der Waals surface area contributed by atoms with Gasteiger partial charge in [0.25, 0.3) is 5.91 Å². The van der Waals surface area contributed by atoms with Crippen LogP contribution in [0.3, 0.4) is 0 Å². The molecule has 0 bridgehead atoms. The van der Waals surface area contributed by atoms with Crippen molar-refractivity contribution in [3.8, 4) is 6.07 Å². The van der Waals surface area contributed by atoms with E-state index in [0.29, 0.717) is 22.2 Å². The summed E-state index contributed by atoms with van der Waals surface area (Å²) in [5, 5.41) is 9.80. The Hall–Kier alpha value is -3.12. The Labute approximate surface area is 219 Å². The van der Waals surface area contributed by atoms with Crippen molar-refractivity contribution in [1.29, 1.82) is 5.26 Å². The number of carbonyl (C=O) groups excluding carboxylic acids is 3. The van der Waals surface area contributed by atoms with Crippen molar-refractivity contribution in [1.82, 2.24) is 9.80 Å². The number of likely N-dealkylation sites (tertiary alicyclic amines) is 1. The highest BCUT2D eigenvalue weighted by molar-refractivity contribution is 6.35. The second-order valence-corrected chi connectivity index (χ2v) is 10.9. The van der Waals surface area contributed by atoms with Crippen LogP contribution in [0.4, 0.5) is 10.5 Å². The van der Waals surface area contributed by atoms with Gasteiger partial charge in [-0.2, -0.15) is 5.26 Å². The highest BCUT2D eigenvalue weighted by Gasteiger charge is 2.64. The Morgan fingerprint density at radius 2 is 1.75 bits per heavy atom. The van der Waals surface area contributed by atoms with Gasteiger partial charge in [-0.3, -0.25) is 14.5 Å². The number of urea groups is 1. The largest absolute Gasteiger partial charge is 0.459 e. The standard InChI is InChI=1S/C26H26Cl2N4O4/c1-25(2,3)36-22(33)14-31-13-21(17-7-5-16(12-29)6-8-17)26(15-31)23(34)32(24(35)30(26)4)20-10-18(27)9-19(28)11-20/h5-11,21H,13-15H2,1-4H3/t21-,26-/m1/s1. The van der Waals surface area contributed by atoms with E-state index < -0.39 is 35.0 Å². The second kappa shape index (κ2) is 9.40. The fraction of sp³-hybridized carbons (Fsp3) is 0.385. The van der Waals surface area contributed by atoms with E-state index in [1.807, 2.05) is 4.90 Å². The Morgan fingerprint density at radius 3 is 2.31 bits per heavy atom. The number of likely N-dealkylation sites (N-methyl/N-ethyl adjacent to an activating group) is 1. The van der Waals surface area contributed by atoms with Crippen LogP contribution < -0.4 is 4.90 Å². The van der Waals surface area contributed by atoms with Crippen LogP contribution >= 0.6 is 23.2 Å². The molecule has 2 saturated heterocycles. The summed E-state index contributed by atoms with van der Waals surface area (Å²) in [6.45, 7) is 5.79. The molecule has 2 aliphatic heterocycles. The van der Waals surface area contributed by atoms with Crippen molar-refractivity contribution < 1.29 is 19.1 Å². The van der Waals surface area contributed by atoms with Crippen molar-refractivity contribution in [3.05, 3.63) is 63.6 Å². The molecule has 0 saturated carbocycles. The minimum Gasteiger partial charge on any atom is -0.459 e. The average molecular weight is 529 g/mol. The Morgan fingerprint density at radius 1 is 1.14 bits per heavy atom. The van der Waals surface area contributed by atoms with Crippen LogP contribution in [0, 0.1) is 11.3 Å². The molecule has 0 radical (unpaired) electrons. The first-order valence-corrected chi connectivity index (χ1v) is 12.1. The SMILES string of the molecule is CN1C(=O)N(c2cc(Cl)cc(Cl)c2)C(=O)[C@]12CN(CC(=O)OC(C)(C)C)C[C@@H]2c1ccc(C#N)cc1. The third kappa shape index (κ3) is 4.66. The molecule has 4 rings (SSSR count). The van der Waals surface area contributed by atoms with Crippen LogP contribution in [0.5, 0.6) is 0 Å². The van der Waals surface area contributed by atoms with Crippen LogP contribution in [0.15, 0.2) is 42.5 Å². The number of halogens is 2. The van der Waals surface area contributed by atoms with E-state index in [1.165, 1.54) is 23.1 Å². The lowest BCUT2D eigenvalue weighted by atomic mass is 9.80. The van der Waals surface area contributed by atoms with Crippen LogP contribution in [-0.4, -0.2) is 65.5 Å². The number of imide groups is 1. The molecule has 2 atom stereocenters. The van der Waals surface area contributed by atoms with E-state index in [4.69, 9.17) is 27.9 Å². The summed E-state index contributed by atoms with van der Waals surface area (Å²) >= 11 is 12.3. The summed E-state index contributed by atoms with van der Waals surface area (Å²) in [7, 11) is 1.58. The van der Waals surface area contributed by atoms with Crippen molar-refractivity contribution in [2.75, 3.05) is 31.6 Å². The van der Waals surface area contributed by atoms with Gasteiger partial charge in [0.05, 0.1) is 23.9 Å². The number of carbonyl (C=O) groups is 3. The number of anilines is 1. The second-order valence-electron chi connectivity index (χ2n) is 10.1. The average Bonchev–Trinajstić information content (AvgIpc) is 3.24. The number of amides is 3. The van der Waals surface area contributed by atoms with Crippen molar-refractivity contribution in [3.63, 3.8) is 0 Å². The number of esters is 1. The first-order chi connectivity index (χ1) is 16.9. The van der Waals surface area contributed by atoms with E-state index in [0.717, 1.165) is 10.5 Å². The van der Waals surface area contributed by atoms with Crippen molar-refractivity contribution in [2.24, 2.45) is 0 Å². The highest BCUT2D eigenvalue weighted by Crippen LogP contribution is 2.46. The lowest BCUT2D eigenvalue weighted by Crippen LogP contribution is -2.53. The maximum absolute atomic E-state index is 14.1. The summed E-state index contributed by atoms with van der Waals surface area (Å²) in [6.07, 6.45) is 0. The first-order valence-electron chi connectivity index (χ1n) is 11.4. The smallest absolute Gasteiger partial charge is 0.332 e. The van der Waals surface area contributed by atoms with Crippen LogP contribution in [0.2, 0.25) is 10.0 Å². The first kappa shape index (κ1) is 26.0. The maximum atomic E-state index is 14.1. The molecule has 188 valence electrons. The predicted molar refractivity (Wildman–Crippen MR) is 136 cm³/mol. The third-order valence-corrected chi connectivity index (χ3v) is 6.89. The van der Waals surface area contributed by atoms with Crippen LogP contribution in [-0.2, 0) is 14.3 Å². The van der Waals surface area contributed by atoms with Gasteiger partial charge in [-0.05, 0) is 56.7 Å². The van der Waals surface area contributed by atoms with Gasteiger partial charge in [-0.1, -0.05) is 35.3 Å². The van der Waals surface area contributed by atoms with E-state index in [-0.39, 0.29) is 18.8 Å². The summed E-state index contributed by atoms with van der Waals surface area (Å²) in [6, 6.07) is 13.0. The molecule has 36 heavy (non-hydrogen) atoms. The summed E-state index contributed by atoms with van der Waals surface area (Å²) in [4.78, 5) is 44.6. The molecule has 1 spiro atoms. The molecule has 2 aromatic carbocycles. The number of nitriles is 1. The molecule has 10 heteroatoms. The number of benzene rings is 2. The Balaban J connectivity index is 1.76. The Kier molecular flexibility index (Phi) is 6.78. The molecule has 2 aromatic rings. The van der Waals surface area contributed by atoms with Crippen LogP contribution in [0.25, 0.3) is 0 Å². The fourth-order valence-corrected chi connectivity index (χ4v) is 5.48. The van der Waals surface area contributed by atoms with E-state index in [2.05, 4.69) is 6.07 Å². The van der Waals surface area contributed by atoms with Gasteiger partial charge in [0.15, 0.2) is 0 Å². The molecule has 3 amide bonds. The number of hydrogen-bond donors (Lipinski definition) is 0. The van der Waals surface area contributed by atoms with Gasteiger partial charge in [0, 0.05) is 36.1 Å². The zero-order valence-electron chi connectivity index (χ0n) is 20.4. The van der Waals surface area contributed by atoms with E-state index >= 15 is 0 Å². The number of nitrogens with zero attached hydrogens (tertiary/aromatic N) is 4. The lowest BCUT2D eigenvalue weighted by molar-refractivity contribution is -0.156. The topological polar surface area (TPSA) is 94.0 Å².